The van der Waals surface area contributed by atoms with Crippen LogP contribution in [0.25, 0.3) is 0 Å². The summed E-state index contributed by atoms with van der Waals surface area (Å²) < 4.78 is 11.5. The maximum absolute atomic E-state index is 5.95. The zero-order valence-electron chi connectivity index (χ0n) is 14.8. The molecular weight excluding hydrogens is 312 g/mol. The predicted octanol–water partition coefficient (Wildman–Crippen LogP) is 3.41. The van der Waals surface area contributed by atoms with E-state index in [1.54, 1.807) is 7.11 Å². The Hall–Kier alpha value is -2.30. The van der Waals surface area contributed by atoms with Gasteiger partial charge in [0.2, 0.25) is 0 Å². The Morgan fingerprint density at radius 2 is 1.88 bits per heavy atom. The van der Waals surface area contributed by atoms with Crippen molar-refractivity contribution in [2.24, 2.45) is 0 Å². The first-order valence-electron chi connectivity index (χ1n) is 8.74. The molecule has 1 heterocycles. The first-order chi connectivity index (χ1) is 12.3. The summed E-state index contributed by atoms with van der Waals surface area (Å²) in [6, 6.07) is 16.5. The molecule has 1 aliphatic heterocycles. The van der Waals surface area contributed by atoms with Crippen molar-refractivity contribution in [3.63, 3.8) is 0 Å². The Morgan fingerprint density at radius 3 is 2.56 bits per heavy atom. The van der Waals surface area contributed by atoms with Crippen molar-refractivity contribution < 1.29 is 9.47 Å². The highest BCUT2D eigenvalue weighted by atomic mass is 16.5. The second-order valence-corrected chi connectivity index (χ2v) is 6.15. The molecule has 2 aromatic carbocycles. The second kappa shape index (κ2) is 8.70. The van der Waals surface area contributed by atoms with E-state index in [2.05, 4.69) is 41.1 Å². The van der Waals surface area contributed by atoms with E-state index in [-0.39, 0.29) is 6.04 Å². The van der Waals surface area contributed by atoms with Crippen molar-refractivity contribution >= 4 is 0 Å². The molecule has 0 aromatic heterocycles. The van der Waals surface area contributed by atoms with E-state index in [1.165, 1.54) is 5.56 Å². The molecule has 4 heteroatoms. The third-order valence-electron chi connectivity index (χ3n) is 4.53. The molecule has 4 nitrogen and oxygen atoms in total. The molecule has 2 aromatic rings. The van der Waals surface area contributed by atoms with Gasteiger partial charge in [0.15, 0.2) is 11.5 Å². The summed E-state index contributed by atoms with van der Waals surface area (Å²) in [6.07, 6.45) is 2.00. The minimum absolute atomic E-state index is 0.194. The molecule has 1 N–H and O–H groups in total. The molecule has 0 saturated carbocycles. The number of hydrogen-bond donors (Lipinski definition) is 1. The van der Waals surface area contributed by atoms with E-state index in [0.717, 1.165) is 43.2 Å². The summed E-state index contributed by atoms with van der Waals surface area (Å²) >= 11 is 0. The highest BCUT2D eigenvalue weighted by Gasteiger charge is 2.20. The molecule has 0 spiro atoms. The molecule has 1 fully saturated rings. The topological polar surface area (TPSA) is 33.7 Å². The SMILES string of the molecule is C=C[C@H](c1ccc(OCc2ccccc2)c(OC)c1)N1CCNCC1. The van der Waals surface area contributed by atoms with Gasteiger partial charge in [-0.1, -0.05) is 42.5 Å². The lowest BCUT2D eigenvalue weighted by atomic mass is 10.0. The van der Waals surface area contributed by atoms with Crippen LogP contribution in [0.3, 0.4) is 0 Å². The lowest BCUT2D eigenvalue weighted by Gasteiger charge is -2.33. The van der Waals surface area contributed by atoms with E-state index in [4.69, 9.17) is 9.47 Å². The largest absolute Gasteiger partial charge is 0.493 e. The zero-order valence-corrected chi connectivity index (χ0v) is 14.8. The van der Waals surface area contributed by atoms with Crippen LogP contribution in [-0.2, 0) is 6.61 Å². The molecule has 1 aliphatic rings. The zero-order chi connectivity index (χ0) is 17.5. The maximum atomic E-state index is 5.95. The van der Waals surface area contributed by atoms with Gasteiger partial charge in [0.1, 0.15) is 6.61 Å². The fourth-order valence-electron chi connectivity index (χ4n) is 3.18. The van der Waals surface area contributed by atoms with Crippen molar-refractivity contribution in [3.8, 4) is 11.5 Å². The fourth-order valence-corrected chi connectivity index (χ4v) is 3.18. The van der Waals surface area contributed by atoms with Gasteiger partial charge in [0.25, 0.3) is 0 Å². The number of nitrogens with one attached hydrogen (secondary N) is 1. The molecule has 1 saturated heterocycles. The Labute approximate surface area is 150 Å². The Bertz CT molecular complexity index is 682. The first kappa shape index (κ1) is 17.5. The number of rotatable bonds is 7. The average Bonchev–Trinajstić information content (AvgIpc) is 2.69. The number of benzene rings is 2. The standard InChI is InChI=1S/C21H26N2O2/c1-3-19(23-13-11-22-12-14-23)18-9-10-20(21(15-18)24-2)25-16-17-7-5-4-6-8-17/h3-10,15,19,22H,1,11-14,16H2,2H3/t19-/m1/s1. The summed E-state index contributed by atoms with van der Waals surface area (Å²) in [7, 11) is 1.68. The minimum Gasteiger partial charge on any atom is -0.493 e. The lowest BCUT2D eigenvalue weighted by molar-refractivity contribution is 0.203. The maximum Gasteiger partial charge on any atom is 0.161 e. The van der Waals surface area contributed by atoms with Crippen LogP contribution in [0, 0.1) is 0 Å². The summed E-state index contributed by atoms with van der Waals surface area (Å²) in [5.74, 6) is 1.52. The molecule has 1 atom stereocenters. The van der Waals surface area contributed by atoms with Gasteiger partial charge >= 0.3 is 0 Å². The van der Waals surface area contributed by atoms with E-state index in [0.29, 0.717) is 6.61 Å². The van der Waals surface area contributed by atoms with Crippen molar-refractivity contribution in [2.75, 3.05) is 33.3 Å². The number of methoxy groups -OCH3 is 1. The van der Waals surface area contributed by atoms with Crippen LogP contribution in [-0.4, -0.2) is 38.2 Å². The summed E-state index contributed by atoms with van der Waals surface area (Å²) in [6.45, 7) is 8.62. The predicted molar refractivity (Wildman–Crippen MR) is 101 cm³/mol. The quantitative estimate of drug-likeness (QED) is 0.785. The molecule has 0 unspecified atom stereocenters. The van der Waals surface area contributed by atoms with Gasteiger partial charge in [-0.25, -0.2) is 0 Å². The number of nitrogens with zero attached hydrogens (tertiary/aromatic N) is 1. The number of piperazine rings is 1. The van der Waals surface area contributed by atoms with Gasteiger partial charge in [-0.3, -0.25) is 4.90 Å². The van der Waals surface area contributed by atoms with E-state index in [9.17, 15) is 0 Å². The van der Waals surface area contributed by atoms with E-state index < -0.39 is 0 Å². The molecule has 3 rings (SSSR count). The van der Waals surface area contributed by atoms with Gasteiger partial charge in [-0.05, 0) is 23.3 Å². The third-order valence-corrected chi connectivity index (χ3v) is 4.53. The molecule has 0 amide bonds. The van der Waals surface area contributed by atoms with Gasteiger partial charge in [-0.2, -0.15) is 0 Å². The van der Waals surface area contributed by atoms with Gasteiger partial charge in [0.05, 0.1) is 13.2 Å². The van der Waals surface area contributed by atoms with Gasteiger partial charge in [-0.15, -0.1) is 6.58 Å². The molecule has 0 aliphatic carbocycles. The lowest BCUT2D eigenvalue weighted by Crippen LogP contribution is -2.44. The number of hydrogen-bond acceptors (Lipinski definition) is 4. The fraction of sp³-hybridized carbons (Fsp3) is 0.333. The molecular formula is C21H26N2O2. The Kier molecular flexibility index (Phi) is 6.09. The van der Waals surface area contributed by atoms with E-state index >= 15 is 0 Å². The Balaban J connectivity index is 1.75. The smallest absolute Gasteiger partial charge is 0.161 e. The highest BCUT2D eigenvalue weighted by Crippen LogP contribution is 2.33. The van der Waals surface area contributed by atoms with Crippen molar-refractivity contribution in [1.29, 1.82) is 0 Å². The van der Waals surface area contributed by atoms with E-state index in [1.807, 2.05) is 30.3 Å². The molecule has 25 heavy (non-hydrogen) atoms. The normalized spacial score (nSPS) is 16.2. The van der Waals surface area contributed by atoms with Gasteiger partial charge < -0.3 is 14.8 Å². The summed E-state index contributed by atoms with van der Waals surface area (Å²) in [5.41, 5.74) is 2.32. The second-order valence-electron chi connectivity index (χ2n) is 6.15. The van der Waals surface area contributed by atoms with Crippen LogP contribution in [0.5, 0.6) is 11.5 Å². The highest BCUT2D eigenvalue weighted by molar-refractivity contribution is 5.44. The summed E-state index contributed by atoms with van der Waals surface area (Å²) in [5, 5.41) is 3.39. The van der Waals surface area contributed by atoms with Crippen LogP contribution in [0.1, 0.15) is 17.2 Å². The minimum atomic E-state index is 0.194. The summed E-state index contributed by atoms with van der Waals surface area (Å²) in [4.78, 5) is 2.43. The molecule has 132 valence electrons. The van der Waals surface area contributed by atoms with Crippen molar-refractivity contribution in [2.45, 2.75) is 12.6 Å². The van der Waals surface area contributed by atoms with Gasteiger partial charge in [0, 0.05) is 26.2 Å². The van der Waals surface area contributed by atoms with Crippen LogP contribution < -0.4 is 14.8 Å². The molecule has 0 bridgehead atoms. The first-order valence-corrected chi connectivity index (χ1v) is 8.74. The number of ether oxygens (including phenoxy) is 2. The Morgan fingerprint density at radius 1 is 1.12 bits per heavy atom. The average molecular weight is 338 g/mol. The molecule has 0 radical (unpaired) electrons. The van der Waals surface area contributed by atoms with Crippen LogP contribution in [0.15, 0.2) is 61.2 Å². The van der Waals surface area contributed by atoms with Crippen LogP contribution in [0.4, 0.5) is 0 Å². The monoisotopic (exact) mass is 338 g/mol. The van der Waals surface area contributed by atoms with Crippen LogP contribution in [0.2, 0.25) is 0 Å². The van der Waals surface area contributed by atoms with Crippen LogP contribution >= 0.6 is 0 Å². The van der Waals surface area contributed by atoms with Crippen molar-refractivity contribution in [3.05, 3.63) is 72.3 Å². The van der Waals surface area contributed by atoms with Crippen molar-refractivity contribution in [1.82, 2.24) is 10.2 Å². The third kappa shape index (κ3) is 4.41.